The molecule has 31 heavy (non-hydrogen) atoms. The summed E-state index contributed by atoms with van der Waals surface area (Å²) in [6, 6.07) is 14.7. The van der Waals surface area contributed by atoms with Crippen LogP contribution in [0.5, 0.6) is 0 Å². The van der Waals surface area contributed by atoms with Crippen molar-refractivity contribution < 1.29 is 14.3 Å². The van der Waals surface area contributed by atoms with E-state index in [-0.39, 0.29) is 11.3 Å². The molecule has 0 bridgehead atoms. The summed E-state index contributed by atoms with van der Waals surface area (Å²) >= 11 is 0. The SMILES string of the molecule is CC(C)(C)OC(=O)NCCCCn1c2c(c3ccccc3c1=O)C(=O)c1ccccc1-2. The predicted octanol–water partition coefficient (Wildman–Crippen LogP) is 4.52. The fourth-order valence-corrected chi connectivity index (χ4v) is 4.04. The van der Waals surface area contributed by atoms with Crippen molar-refractivity contribution in [2.24, 2.45) is 0 Å². The molecule has 0 radical (unpaired) electrons. The zero-order valence-corrected chi connectivity index (χ0v) is 18.0. The number of aromatic nitrogens is 1. The van der Waals surface area contributed by atoms with Crippen LogP contribution in [0.15, 0.2) is 53.3 Å². The smallest absolute Gasteiger partial charge is 0.407 e. The third-order valence-electron chi connectivity index (χ3n) is 5.31. The Hall–Kier alpha value is -3.41. The monoisotopic (exact) mass is 418 g/mol. The van der Waals surface area contributed by atoms with Crippen LogP contribution in [0.4, 0.5) is 4.79 Å². The van der Waals surface area contributed by atoms with Crippen LogP contribution >= 0.6 is 0 Å². The number of benzene rings is 2. The van der Waals surface area contributed by atoms with Crippen molar-refractivity contribution in [3.8, 4) is 11.3 Å². The van der Waals surface area contributed by atoms with E-state index in [4.69, 9.17) is 4.74 Å². The van der Waals surface area contributed by atoms with E-state index in [0.29, 0.717) is 53.5 Å². The van der Waals surface area contributed by atoms with Crippen LogP contribution in [0.2, 0.25) is 0 Å². The highest BCUT2D eigenvalue weighted by Crippen LogP contribution is 2.39. The van der Waals surface area contributed by atoms with Crippen molar-refractivity contribution >= 4 is 22.6 Å². The molecule has 1 aliphatic rings. The molecule has 160 valence electrons. The molecule has 1 aliphatic carbocycles. The minimum absolute atomic E-state index is 0.0397. The molecular formula is C25H26N2O4. The standard InChI is InChI=1S/C25H26N2O4/c1-25(2,3)31-24(30)26-14-8-9-15-27-21-17-11-5-6-12-18(17)22(28)20(21)16-10-4-7-13-19(16)23(27)29/h4-7,10-13H,8-9,14-15H2,1-3H3,(H,26,30). The van der Waals surface area contributed by atoms with Crippen molar-refractivity contribution in [3.05, 3.63) is 70.0 Å². The van der Waals surface area contributed by atoms with Gasteiger partial charge in [0.25, 0.3) is 5.56 Å². The van der Waals surface area contributed by atoms with Crippen molar-refractivity contribution in [1.82, 2.24) is 9.88 Å². The zero-order valence-electron chi connectivity index (χ0n) is 18.0. The van der Waals surface area contributed by atoms with Crippen molar-refractivity contribution in [3.63, 3.8) is 0 Å². The second kappa shape index (κ2) is 8.02. The molecule has 1 amide bonds. The number of fused-ring (bicyclic) bond motifs is 5. The summed E-state index contributed by atoms with van der Waals surface area (Å²) in [5.74, 6) is -0.0397. The number of alkyl carbamates (subject to hydrolysis) is 1. The Labute approximate surface area is 180 Å². The number of carbonyl (C=O) groups is 2. The van der Waals surface area contributed by atoms with E-state index in [9.17, 15) is 14.4 Å². The first kappa shape index (κ1) is 20.8. The summed E-state index contributed by atoms with van der Waals surface area (Å²) in [5.41, 5.74) is 2.10. The maximum atomic E-state index is 13.3. The van der Waals surface area contributed by atoms with E-state index >= 15 is 0 Å². The Kier molecular flexibility index (Phi) is 5.39. The van der Waals surface area contributed by atoms with E-state index in [1.165, 1.54) is 0 Å². The highest BCUT2D eigenvalue weighted by Gasteiger charge is 2.32. The van der Waals surface area contributed by atoms with Crippen molar-refractivity contribution in [2.75, 3.05) is 6.54 Å². The van der Waals surface area contributed by atoms with Gasteiger partial charge in [0.05, 0.1) is 11.3 Å². The number of pyridine rings is 1. The lowest BCUT2D eigenvalue weighted by Gasteiger charge is -2.19. The molecule has 0 saturated carbocycles. The minimum atomic E-state index is -0.539. The topological polar surface area (TPSA) is 77.4 Å². The van der Waals surface area contributed by atoms with Gasteiger partial charge in [-0.05, 0) is 39.7 Å². The van der Waals surface area contributed by atoms with E-state index in [2.05, 4.69) is 5.32 Å². The van der Waals surface area contributed by atoms with Gasteiger partial charge in [-0.3, -0.25) is 9.59 Å². The van der Waals surface area contributed by atoms with Gasteiger partial charge in [-0.2, -0.15) is 0 Å². The fourth-order valence-electron chi connectivity index (χ4n) is 4.04. The summed E-state index contributed by atoms with van der Waals surface area (Å²) in [5, 5.41) is 3.99. The number of amides is 1. The third kappa shape index (κ3) is 3.98. The van der Waals surface area contributed by atoms with Crippen molar-refractivity contribution in [1.29, 1.82) is 0 Å². The van der Waals surface area contributed by atoms with E-state index in [0.717, 1.165) is 5.56 Å². The molecule has 0 fully saturated rings. The van der Waals surface area contributed by atoms with Crippen molar-refractivity contribution in [2.45, 2.75) is 45.8 Å². The summed E-state index contributed by atoms with van der Waals surface area (Å²) < 4.78 is 6.96. The molecule has 4 rings (SSSR count). The van der Waals surface area contributed by atoms with Crippen LogP contribution in [0.25, 0.3) is 22.0 Å². The summed E-state index contributed by atoms with van der Waals surface area (Å²) in [7, 11) is 0. The first-order valence-electron chi connectivity index (χ1n) is 10.5. The quantitative estimate of drug-likeness (QED) is 0.484. The number of rotatable bonds is 5. The first-order valence-corrected chi connectivity index (χ1v) is 10.5. The van der Waals surface area contributed by atoms with Crippen LogP contribution in [0.3, 0.4) is 0 Å². The number of nitrogens with zero attached hydrogens (tertiary/aromatic N) is 1. The molecule has 1 heterocycles. The lowest BCUT2D eigenvalue weighted by molar-refractivity contribution is 0.0526. The second-order valence-corrected chi connectivity index (χ2v) is 8.74. The number of carbonyl (C=O) groups excluding carboxylic acids is 2. The normalized spacial score (nSPS) is 12.5. The van der Waals surface area contributed by atoms with Crippen LogP contribution in [0.1, 0.15) is 49.5 Å². The maximum Gasteiger partial charge on any atom is 0.407 e. The van der Waals surface area contributed by atoms with Gasteiger partial charge in [-0.1, -0.05) is 42.5 Å². The molecule has 0 unspecified atom stereocenters. The number of hydrogen-bond acceptors (Lipinski definition) is 4. The first-order chi connectivity index (χ1) is 14.8. The van der Waals surface area contributed by atoms with Crippen LogP contribution in [0, 0.1) is 0 Å². The molecule has 0 spiro atoms. The Morgan fingerprint density at radius 1 is 0.935 bits per heavy atom. The minimum Gasteiger partial charge on any atom is -0.444 e. The van der Waals surface area contributed by atoms with Gasteiger partial charge >= 0.3 is 6.09 Å². The van der Waals surface area contributed by atoms with Crippen LogP contribution in [-0.4, -0.2) is 28.6 Å². The van der Waals surface area contributed by atoms with E-state index in [1.807, 2.05) is 63.2 Å². The largest absolute Gasteiger partial charge is 0.444 e. The molecule has 2 aromatic carbocycles. The molecule has 6 heteroatoms. The highest BCUT2D eigenvalue weighted by atomic mass is 16.6. The molecule has 6 nitrogen and oxygen atoms in total. The summed E-state index contributed by atoms with van der Waals surface area (Å²) in [6.45, 7) is 6.37. The van der Waals surface area contributed by atoms with Gasteiger partial charge in [-0.15, -0.1) is 0 Å². The summed E-state index contributed by atoms with van der Waals surface area (Å²) in [6.07, 6.45) is 0.912. The van der Waals surface area contributed by atoms with Gasteiger partial charge < -0.3 is 14.6 Å². The van der Waals surface area contributed by atoms with E-state index < -0.39 is 11.7 Å². The average molecular weight is 418 g/mol. The number of unbranched alkanes of at least 4 members (excludes halogenated alkanes) is 1. The molecule has 0 aliphatic heterocycles. The highest BCUT2D eigenvalue weighted by molar-refractivity contribution is 6.26. The van der Waals surface area contributed by atoms with Gasteiger partial charge in [0.1, 0.15) is 5.60 Å². The molecule has 3 aromatic rings. The summed E-state index contributed by atoms with van der Waals surface area (Å²) in [4.78, 5) is 38.2. The molecular weight excluding hydrogens is 392 g/mol. The number of nitrogens with one attached hydrogen (secondary N) is 1. The number of ketones is 1. The number of hydrogen-bond donors (Lipinski definition) is 1. The Balaban J connectivity index is 1.60. The Bertz CT molecular complexity index is 1230. The van der Waals surface area contributed by atoms with Crippen LogP contribution in [-0.2, 0) is 11.3 Å². The maximum absolute atomic E-state index is 13.3. The molecule has 1 N–H and O–H groups in total. The van der Waals surface area contributed by atoms with Gasteiger partial charge in [0.15, 0.2) is 5.78 Å². The van der Waals surface area contributed by atoms with Crippen LogP contribution < -0.4 is 10.9 Å². The Morgan fingerprint density at radius 3 is 2.29 bits per heavy atom. The Morgan fingerprint density at radius 2 is 1.58 bits per heavy atom. The van der Waals surface area contributed by atoms with Gasteiger partial charge in [-0.25, -0.2) is 4.79 Å². The number of ether oxygens (including phenoxy) is 1. The second-order valence-electron chi connectivity index (χ2n) is 8.74. The predicted molar refractivity (Wildman–Crippen MR) is 121 cm³/mol. The molecule has 0 saturated heterocycles. The fraction of sp³-hybridized carbons (Fsp3) is 0.320. The molecule has 1 aromatic heterocycles. The third-order valence-corrected chi connectivity index (χ3v) is 5.31. The molecule has 0 atom stereocenters. The van der Waals surface area contributed by atoms with Gasteiger partial charge in [0, 0.05) is 35.0 Å². The zero-order chi connectivity index (χ0) is 22.2. The van der Waals surface area contributed by atoms with E-state index in [1.54, 1.807) is 10.6 Å². The lowest BCUT2D eigenvalue weighted by atomic mass is 10.0. The average Bonchev–Trinajstić information content (AvgIpc) is 3.02. The lowest BCUT2D eigenvalue weighted by Crippen LogP contribution is -2.33. The van der Waals surface area contributed by atoms with Gasteiger partial charge in [0.2, 0.25) is 0 Å².